The summed E-state index contributed by atoms with van der Waals surface area (Å²) in [7, 11) is 1.59. The van der Waals surface area contributed by atoms with E-state index in [1.165, 1.54) is 6.20 Å². The van der Waals surface area contributed by atoms with E-state index in [-0.39, 0.29) is 11.6 Å². The van der Waals surface area contributed by atoms with E-state index in [1.54, 1.807) is 56.5 Å². The lowest BCUT2D eigenvalue weighted by Crippen LogP contribution is -2.10. The highest BCUT2D eigenvalue weighted by Crippen LogP contribution is 2.24. The minimum atomic E-state index is -0.681. The van der Waals surface area contributed by atoms with E-state index in [0.29, 0.717) is 5.89 Å². The fourth-order valence-corrected chi connectivity index (χ4v) is 2.00. The van der Waals surface area contributed by atoms with Gasteiger partial charge in [0.15, 0.2) is 6.10 Å². The molecule has 0 aliphatic carbocycles. The Labute approximate surface area is 138 Å². The number of aromatic nitrogens is 3. The zero-order chi connectivity index (χ0) is 16.9. The lowest BCUT2D eigenvalue weighted by molar-refractivity contribution is 0.0273. The van der Waals surface area contributed by atoms with Gasteiger partial charge in [-0.3, -0.25) is 0 Å². The average Bonchev–Trinajstić information content (AvgIpc) is 3.13. The number of hydrogen-bond donors (Lipinski definition) is 0. The van der Waals surface area contributed by atoms with Crippen molar-refractivity contribution in [1.82, 2.24) is 15.2 Å². The van der Waals surface area contributed by atoms with Gasteiger partial charge in [-0.15, -0.1) is 10.2 Å². The van der Waals surface area contributed by atoms with Crippen molar-refractivity contribution >= 4 is 5.97 Å². The van der Waals surface area contributed by atoms with Gasteiger partial charge in [0.1, 0.15) is 11.4 Å². The molecule has 0 bridgehead atoms. The first-order valence-corrected chi connectivity index (χ1v) is 7.27. The summed E-state index contributed by atoms with van der Waals surface area (Å²) >= 11 is 0. The van der Waals surface area contributed by atoms with Crippen LogP contribution < -0.4 is 4.74 Å². The van der Waals surface area contributed by atoms with Crippen molar-refractivity contribution in [3.8, 4) is 17.2 Å². The van der Waals surface area contributed by atoms with Crippen LogP contribution in [0.3, 0.4) is 0 Å². The van der Waals surface area contributed by atoms with Gasteiger partial charge in [-0.25, -0.2) is 9.78 Å². The predicted octanol–water partition coefficient (Wildman–Crippen LogP) is 3.06. The molecule has 0 aliphatic heterocycles. The molecule has 7 heteroatoms. The maximum absolute atomic E-state index is 12.0. The molecule has 2 aromatic heterocycles. The maximum Gasteiger partial charge on any atom is 0.357 e. The van der Waals surface area contributed by atoms with Crippen LogP contribution in [0.4, 0.5) is 0 Å². The number of benzene rings is 1. The summed E-state index contributed by atoms with van der Waals surface area (Å²) in [6, 6.07) is 12.2. The molecule has 24 heavy (non-hydrogen) atoms. The molecule has 2 heterocycles. The van der Waals surface area contributed by atoms with Crippen LogP contribution in [0.2, 0.25) is 0 Å². The molecular weight excluding hydrogens is 310 g/mol. The van der Waals surface area contributed by atoms with E-state index in [2.05, 4.69) is 15.2 Å². The number of carbonyl (C=O) groups excluding carboxylic acids is 1. The Bertz CT molecular complexity index is 815. The van der Waals surface area contributed by atoms with Gasteiger partial charge >= 0.3 is 5.97 Å². The minimum Gasteiger partial charge on any atom is -0.497 e. The van der Waals surface area contributed by atoms with E-state index in [1.807, 2.05) is 0 Å². The van der Waals surface area contributed by atoms with E-state index < -0.39 is 12.1 Å². The smallest absolute Gasteiger partial charge is 0.357 e. The molecule has 122 valence electrons. The van der Waals surface area contributed by atoms with E-state index in [9.17, 15) is 4.79 Å². The lowest BCUT2D eigenvalue weighted by Gasteiger charge is -2.08. The monoisotopic (exact) mass is 325 g/mol. The first-order chi connectivity index (χ1) is 11.7. The topological polar surface area (TPSA) is 87.3 Å². The Morgan fingerprint density at radius 2 is 1.92 bits per heavy atom. The van der Waals surface area contributed by atoms with Crippen molar-refractivity contribution in [2.24, 2.45) is 0 Å². The van der Waals surface area contributed by atoms with Gasteiger partial charge in [-0.05, 0) is 43.3 Å². The molecule has 0 aliphatic rings. The van der Waals surface area contributed by atoms with Gasteiger partial charge in [0.05, 0.1) is 7.11 Å². The van der Waals surface area contributed by atoms with Crippen LogP contribution in [-0.4, -0.2) is 28.3 Å². The van der Waals surface area contributed by atoms with Crippen molar-refractivity contribution in [1.29, 1.82) is 0 Å². The van der Waals surface area contributed by atoms with E-state index in [4.69, 9.17) is 13.9 Å². The summed E-state index contributed by atoms with van der Waals surface area (Å²) < 4.78 is 16.0. The molecule has 1 atom stereocenters. The molecule has 0 saturated heterocycles. The van der Waals surface area contributed by atoms with Crippen molar-refractivity contribution in [3.63, 3.8) is 0 Å². The molecule has 0 unspecified atom stereocenters. The second kappa shape index (κ2) is 6.91. The quantitative estimate of drug-likeness (QED) is 0.666. The number of ether oxygens (including phenoxy) is 2. The van der Waals surface area contributed by atoms with Crippen molar-refractivity contribution in [2.45, 2.75) is 13.0 Å². The van der Waals surface area contributed by atoms with Crippen molar-refractivity contribution in [2.75, 3.05) is 7.11 Å². The summed E-state index contributed by atoms with van der Waals surface area (Å²) in [4.78, 5) is 15.9. The first-order valence-electron chi connectivity index (χ1n) is 7.27. The maximum atomic E-state index is 12.0. The third-order valence-corrected chi connectivity index (χ3v) is 3.28. The summed E-state index contributed by atoms with van der Waals surface area (Å²) in [5.41, 5.74) is 0.969. The fourth-order valence-electron chi connectivity index (χ4n) is 2.00. The van der Waals surface area contributed by atoms with Gasteiger partial charge in [-0.1, -0.05) is 6.07 Å². The fraction of sp³-hybridized carbons (Fsp3) is 0.176. The number of esters is 1. The van der Waals surface area contributed by atoms with Crippen LogP contribution >= 0.6 is 0 Å². The van der Waals surface area contributed by atoms with Crippen molar-refractivity contribution < 1.29 is 18.7 Å². The third kappa shape index (κ3) is 3.40. The molecule has 1 aromatic carbocycles. The summed E-state index contributed by atoms with van der Waals surface area (Å²) in [5.74, 6) is 0.738. The van der Waals surface area contributed by atoms with Crippen LogP contribution in [0, 0.1) is 0 Å². The number of hydrogen-bond acceptors (Lipinski definition) is 7. The Morgan fingerprint density at radius 1 is 1.12 bits per heavy atom. The molecule has 3 aromatic rings. The first kappa shape index (κ1) is 15.7. The van der Waals surface area contributed by atoms with Crippen LogP contribution in [0.25, 0.3) is 11.5 Å². The molecule has 0 N–H and O–H groups in total. The van der Waals surface area contributed by atoms with Crippen molar-refractivity contribution in [3.05, 3.63) is 60.2 Å². The summed E-state index contributed by atoms with van der Waals surface area (Å²) in [6.07, 6.45) is 0.842. The highest BCUT2D eigenvalue weighted by atomic mass is 16.6. The van der Waals surface area contributed by atoms with E-state index >= 15 is 0 Å². The second-order valence-corrected chi connectivity index (χ2v) is 4.94. The second-order valence-electron chi connectivity index (χ2n) is 4.94. The highest BCUT2D eigenvalue weighted by molar-refractivity contribution is 5.87. The zero-order valence-corrected chi connectivity index (χ0v) is 13.2. The molecule has 7 nitrogen and oxygen atoms in total. The lowest BCUT2D eigenvalue weighted by atomic mass is 10.2. The molecule has 0 spiro atoms. The molecule has 0 amide bonds. The Morgan fingerprint density at radius 3 is 2.58 bits per heavy atom. The van der Waals surface area contributed by atoms with Gasteiger partial charge in [-0.2, -0.15) is 0 Å². The Balaban J connectivity index is 1.71. The van der Waals surface area contributed by atoms with Gasteiger partial charge < -0.3 is 13.9 Å². The van der Waals surface area contributed by atoms with Gasteiger partial charge in [0, 0.05) is 11.8 Å². The average molecular weight is 325 g/mol. The molecule has 3 rings (SSSR count). The molecule has 0 radical (unpaired) electrons. The summed E-state index contributed by atoms with van der Waals surface area (Å²) in [6.45, 7) is 1.66. The number of rotatable bonds is 5. The minimum absolute atomic E-state index is 0.213. The normalized spacial score (nSPS) is 11.8. The predicted molar refractivity (Wildman–Crippen MR) is 84.4 cm³/mol. The van der Waals surface area contributed by atoms with Gasteiger partial charge in [0.2, 0.25) is 5.89 Å². The molecule has 0 saturated carbocycles. The number of nitrogens with zero attached hydrogens (tertiary/aromatic N) is 3. The Hall–Kier alpha value is -3.22. The third-order valence-electron chi connectivity index (χ3n) is 3.28. The standard InChI is InChI=1S/C17H15N3O4/c1-11(23-17(21)14-5-3-4-10-18-14)15-19-20-16(24-15)12-6-8-13(22-2)9-7-12/h3-11H,1-2H3/t11-/m0/s1. The zero-order valence-electron chi connectivity index (χ0n) is 13.2. The molecule has 0 fully saturated rings. The largest absolute Gasteiger partial charge is 0.497 e. The SMILES string of the molecule is COc1ccc(-c2nnc([C@H](C)OC(=O)c3ccccn3)o2)cc1. The number of methoxy groups -OCH3 is 1. The van der Waals surface area contributed by atoms with Gasteiger partial charge in [0.25, 0.3) is 5.89 Å². The van der Waals surface area contributed by atoms with Crippen LogP contribution in [0.5, 0.6) is 5.75 Å². The molecular formula is C17H15N3O4. The van der Waals surface area contributed by atoms with E-state index in [0.717, 1.165) is 11.3 Å². The Kier molecular flexibility index (Phi) is 4.51. The van der Waals surface area contributed by atoms with Crippen LogP contribution in [-0.2, 0) is 4.74 Å². The highest BCUT2D eigenvalue weighted by Gasteiger charge is 2.20. The summed E-state index contributed by atoms with van der Waals surface area (Å²) in [5, 5.41) is 7.91. The number of carbonyl (C=O) groups is 1. The number of pyridine rings is 1. The van der Waals surface area contributed by atoms with Crippen LogP contribution in [0.15, 0.2) is 53.1 Å². The van der Waals surface area contributed by atoms with Crippen LogP contribution in [0.1, 0.15) is 29.4 Å².